The third kappa shape index (κ3) is 6.56. The van der Waals surface area contributed by atoms with Crippen LogP contribution in [0, 0.1) is 0 Å². The quantitative estimate of drug-likeness (QED) is 0.421. The third-order valence-corrected chi connectivity index (χ3v) is 4.26. The lowest BCUT2D eigenvalue weighted by Crippen LogP contribution is -2.07. The fourth-order valence-corrected chi connectivity index (χ4v) is 2.59. The number of hydrogen-bond acceptors (Lipinski definition) is 3. The van der Waals surface area contributed by atoms with Crippen molar-refractivity contribution in [3.05, 3.63) is 58.6 Å². The van der Waals surface area contributed by atoms with E-state index in [0.29, 0.717) is 12.4 Å². The van der Waals surface area contributed by atoms with Crippen molar-refractivity contribution >= 4 is 33.6 Å². The summed E-state index contributed by atoms with van der Waals surface area (Å²) in [6, 6.07) is 13.1. The van der Waals surface area contributed by atoms with Crippen LogP contribution in [-0.2, 0) is 4.79 Å². The number of methoxy groups -OCH3 is 1. The zero-order valence-corrected chi connectivity index (χ0v) is 16.7. The minimum Gasteiger partial charge on any atom is -0.493 e. The van der Waals surface area contributed by atoms with Gasteiger partial charge in [0.2, 0.25) is 5.91 Å². The molecule has 0 saturated heterocycles. The molecule has 0 spiro atoms. The van der Waals surface area contributed by atoms with Crippen molar-refractivity contribution in [2.24, 2.45) is 0 Å². The highest BCUT2D eigenvalue weighted by Crippen LogP contribution is 2.28. The standard InChI is InChI=1S/C21H24BrNO3/c1-3-4-5-14-26-19-12-6-16(15-20(19)25-2)7-13-21(24)23-18-10-8-17(22)9-11-18/h6-13,15H,3-5,14H2,1-2H3,(H,23,24). The van der Waals surface area contributed by atoms with Gasteiger partial charge in [-0.1, -0.05) is 41.8 Å². The van der Waals surface area contributed by atoms with E-state index in [-0.39, 0.29) is 5.91 Å². The number of benzene rings is 2. The molecule has 2 aromatic rings. The molecule has 2 rings (SSSR count). The summed E-state index contributed by atoms with van der Waals surface area (Å²) in [6.45, 7) is 2.84. The van der Waals surface area contributed by atoms with E-state index in [0.717, 1.165) is 40.7 Å². The molecule has 2 aromatic carbocycles. The number of rotatable bonds is 9. The molecule has 0 bridgehead atoms. The summed E-state index contributed by atoms with van der Waals surface area (Å²) in [6.07, 6.45) is 6.58. The predicted octanol–water partition coefficient (Wildman–Crippen LogP) is 5.68. The predicted molar refractivity (Wildman–Crippen MR) is 110 cm³/mol. The molecule has 0 aliphatic heterocycles. The number of carbonyl (C=O) groups excluding carboxylic acids is 1. The van der Waals surface area contributed by atoms with Crippen molar-refractivity contribution in [3.8, 4) is 11.5 Å². The van der Waals surface area contributed by atoms with Crippen LogP contribution in [-0.4, -0.2) is 19.6 Å². The lowest BCUT2D eigenvalue weighted by molar-refractivity contribution is -0.111. The summed E-state index contributed by atoms with van der Waals surface area (Å²) in [5.74, 6) is 1.20. The third-order valence-electron chi connectivity index (χ3n) is 3.73. The Morgan fingerprint density at radius 2 is 1.88 bits per heavy atom. The van der Waals surface area contributed by atoms with Gasteiger partial charge in [0.1, 0.15) is 0 Å². The number of carbonyl (C=O) groups is 1. The van der Waals surface area contributed by atoms with Crippen LogP contribution in [0.5, 0.6) is 11.5 Å². The first kappa shape index (κ1) is 20.0. The molecule has 0 saturated carbocycles. The Kier molecular flexibility index (Phi) is 8.22. The molecule has 0 unspecified atom stereocenters. The summed E-state index contributed by atoms with van der Waals surface area (Å²) in [5, 5.41) is 2.82. The van der Waals surface area contributed by atoms with Crippen molar-refractivity contribution in [1.82, 2.24) is 0 Å². The van der Waals surface area contributed by atoms with E-state index >= 15 is 0 Å². The second kappa shape index (κ2) is 10.7. The Labute approximate surface area is 163 Å². The lowest BCUT2D eigenvalue weighted by atomic mass is 10.2. The van der Waals surface area contributed by atoms with Crippen molar-refractivity contribution in [2.75, 3.05) is 19.0 Å². The number of halogens is 1. The van der Waals surface area contributed by atoms with E-state index < -0.39 is 0 Å². The van der Waals surface area contributed by atoms with Gasteiger partial charge in [0.15, 0.2) is 11.5 Å². The summed E-state index contributed by atoms with van der Waals surface area (Å²) < 4.78 is 12.1. The maximum atomic E-state index is 12.0. The van der Waals surface area contributed by atoms with Crippen LogP contribution in [0.1, 0.15) is 31.7 Å². The minimum atomic E-state index is -0.189. The molecule has 0 atom stereocenters. The van der Waals surface area contributed by atoms with E-state index in [9.17, 15) is 4.79 Å². The van der Waals surface area contributed by atoms with Crippen LogP contribution in [0.4, 0.5) is 5.69 Å². The number of anilines is 1. The summed E-state index contributed by atoms with van der Waals surface area (Å²) >= 11 is 3.37. The molecule has 0 fully saturated rings. The Morgan fingerprint density at radius 1 is 1.12 bits per heavy atom. The van der Waals surface area contributed by atoms with E-state index in [1.807, 2.05) is 42.5 Å². The first-order valence-corrected chi connectivity index (χ1v) is 9.47. The van der Waals surface area contributed by atoms with Crippen molar-refractivity contribution in [1.29, 1.82) is 0 Å². The van der Waals surface area contributed by atoms with Crippen LogP contribution in [0.2, 0.25) is 0 Å². The molecule has 4 nitrogen and oxygen atoms in total. The second-order valence-electron chi connectivity index (χ2n) is 5.80. The number of amides is 1. The van der Waals surface area contributed by atoms with Gasteiger partial charge in [0.05, 0.1) is 13.7 Å². The highest BCUT2D eigenvalue weighted by atomic mass is 79.9. The van der Waals surface area contributed by atoms with Crippen LogP contribution in [0.15, 0.2) is 53.0 Å². The number of nitrogens with one attached hydrogen (secondary N) is 1. The molecule has 138 valence electrons. The Morgan fingerprint density at radius 3 is 2.58 bits per heavy atom. The Bertz CT molecular complexity index is 741. The second-order valence-corrected chi connectivity index (χ2v) is 6.71. The normalized spacial score (nSPS) is 10.7. The van der Waals surface area contributed by atoms with Gasteiger partial charge in [-0.3, -0.25) is 4.79 Å². The van der Waals surface area contributed by atoms with Gasteiger partial charge in [0, 0.05) is 16.2 Å². The van der Waals surface area contributed by atoms with Gasteiger partial charge in [-0.05, 0) is 54.5 Å². The van der Waals surface area contributed by atoms with Crippen LogP contribution in [0.25, 0.3) is 6.08 Å². The first-order chi connectivity index (χ1) is 12.6. The molecule has 1 amide bonds. The average molecular weight is 418 g/mol. The number of unbranched alkanes of at least 4 members (excludes halogenated alkanes) is 2. The topological polar surface area (TPSA) is 47.6 Å². The molecule has 0 aliphatic rings. The maximum Gasteiger partial charge on any atom is 0.248 e. The smallest absolute Gasteiger partial charge is 0.248 e. The molecule has 26 heavy (non-hydrogen) atoms. The van der Waals surface area contributed by atoms with E-state index in [1.54, 1.807) is 13.2 Å². The fraction of sp³-hybridized carbons (Fsp3) is 0.286. The lowest BCUT2D eigenvalue weighted by Gasteiger charge is -2.11. The Balaban J connectivity index is 1.96. The maximum absolute atomic E-state index is 12.0. The minimum absolute atomic E-state index is 0.189. The van der Waals surface area contributed by atoms with E-state index in [2.05, 4.69) is 28.2 Å². The van der Waals surface area contributed by atoms with Gasteiger partial charge < -0.3 is 14.8 Å². The molecule has 0 radical (unpaired) electrons. The molecule has 0 aromatic heterocycles. The van der Waals surface area contributed by atoms with E-state index in [1.165, 1.54) is 6.08 Å². The number of hydrogen-bond donors (Lipinski definition) is 1. The van der Waals surface area contributed by atoms with Gasteiger partial charge >= 0.3 is 0 Å². The van der Waals surface area contributed by atoms with Gasteiger partial charge in [-0.2, -0.15) is 0 Å². The van der Waals surface area contributed by atoms with Gasteiger partial charge in [-0.15, -0.1) is 0 Å². The zero-order valence-electron chi connectivity index (χ0n) is 15.1. The highest BCUT2D eigenvalue weighted by molar-refractivity contribution is 9.10. The molecular weight excluding hydrogens is 394 g/mol. The van der Waals surface area contributed by atoms with E-state index in [4.69, 9.17) is 9.47 Å². The molecular formula is C21H24BrNO3. The molecule has 0 aliphatic carbocycles. The highest BCUT2D eigenvalue weighted by Gasteiger charge is 2.05. The van der Waals surface area contributed by atoms with Crippen molar-refractivity contribution in [2.45, 2.75) is 26.2 Å². The summed E-state index contributed by atoms with van der Waals surface area (Å²) in [5.41, 5.74) is 1.62. The van der Waals surface area contributed by atoms with Crippen molar-refractivity contribution in [3.63, 3.8) is 0 Å². The molecule has 1 N–H and O–H groups in total. The largest absolute Gasteiger partial charge is 0.493 e. The number of ether oxygens (including phenoxy) is 2. The summed E-state index contributed by atoms with van der Waals surface area (Å²) in [4.78, 5) is 12.0. The SMILES string of the molecule is CCCCCOc1ccc(C=CC(=O)Nc2ccc(Br)cc2)cc1OC. The van der Waals surface area contributed by atoms with Gasteiger partial charge in [-0.25, -0.2) is 0 Å². The van der Waals surface area contributed by atoms with Crippen molar-refractivity contribution < 1.29 is 14.3 Å². The zero-order chi connectivity index (χ0) is 18.8. The molecule has 5 heteroatoms. The first-order valence-electron chi connectivity index (χ1n) is 8.68. The van der Waals surface area contributed by atoms with Crippen LogP contribution >= 0.6 is 15.9 Å². The fourth-order valence-electron chi connectivity index (χ4n) is 2.33. The Hall–Kier alpha value is -2.27. The van der Waals surface area contributed by atoms with Gasteiger partial charge in [0.25, 0.3) is 0 Å². The van der Waals surface area contributed by atoms with Crippen LogP contribution < -0.4 is 14.8 Å². The summed E-state index contributed by atoms with van der Waals surface area (Å²) in [7, 11) is 1.61. The average Bonchev–Trinajstić information content (AvgIpc) is 2.66. The van der Waals surface area contributed by atoms with Crippen LogP contribution in [0.3, 0.4) is 0 Å². The monoisotopic (exact) mass is 417 g/mol. The molecule has 0 heterocycles.